The van der Waals surface area contributed by atoms with E-state index < -0.39 is 0 Å². The van der Waals surface area contributed by atoms with Crippen molar-refractivity contribution in [2.24, 2.45) is 5.92 Å². The van der Waals surface area contributed by atoms with Gasteiger partial charge in [0.25, 0.3) is 0 Å². The first kappa shape index (κ1) is 15.7. The number of nitrogen functional groups attached to an aromatic ring is 1. The minimum Gasteiger partial charge on any atom is -0.491 e. The second kappa shape index (κ2) is 7.93. The number of nitrogens with two attached hydrogens (primary N) is 1. The quantitative estimate of drug-likeness (QED) is 0.688. The zero-order valence-electron chi connectivity index (χ0n) is 12.7. The summed E-state index contributed by atoms with van der Waals surface area (Å²) < 4.78 is 5.65. The van der Waals surface area contributed by atoms with Gasteiger partial charge in [0.2, 0.25) is 0 Å². The third kappa shape index (κ3) is 5.01. The van der Waals surface area contributed by atoms with Gasteiger partial charge in [0, 0.05) is 6.04 Å². The van der Waals surface area contributed by atoms with E-state index in [0.29, 0.717) is 18.3 Å². The average molecular weight is 264 g/mol. The molecule has 3 heteroatoms. The van der Waals surface area contributed by atoms with Gasteiger partial charge >= 0.3 is 0 Å². The molecule has 0 amide bonds. The maximum atomic E-state index is 6.15. The van der Waals surface area contributed by atoms with E-state index in [1.54, 1.807) is 0 Å². The Balaban J connectivity index is 2.67. The van der Waals surface area contributed by atoms with E-state index in [1.165, 1.54) is 6.42 Å². The third-order valence-corrected chi connectivity index (χ3v) is 3.38. The van der Waals surface area contributed by atoms with Crippen LogP contribution in [0.5, 0.6) is 5.75 Å². The van der Waals surface area contributed by atoms with Crippen LogP contribution in [-0.4, -0.2) is 12.6 Å². The fourth-order valence-corrected chi connectivity index (χ4v) is 2.10. The monoisotopic (exact) mass is 264 g/mol. The van der Waals surface area contributed by atoms with Crippen LogP contribution in [0.15, 0.2) is 18.2 Å². The lowest BCUT2D eigenvalue weighted by molar-refractivity contribution is 0.319. The third-order valence-electron chi connectivity index (χ3n) is 3.38. The fraction of sp³-hybridized carbons (Fsp3) is 0.625. The van der Waals surface area contributed by atoms with Crippen LogP contribution < -0.4 is 15.8 Å². The zero-order valence-corrected chi connectivity index (χ0v) is 12.7. The Morgan fingerprint density at radius 3 is 2.63 bits per heavy atom. The molecule has 2 atom stereocenters. The van der Waals surface area contributed by atoms with Crippen LogP contribution in [-0.2, 0) is 0 Å². The molecule has 1 aromatic rings. The normalized spacial score (nSPS) is 13.9. The van der Waals surface area contributed by atoms with Crippen molar-refractivity contribution in [3.05, 3.63) is 18.2 Å². The van der Waals surface area contributed by atoms with Gasteiger partial charge in [0.1, 0.15) is 5.75 Å². The summed E-state index contributed by atoms with van der Waals surface area (Å²) in [6, 6.07) is 6.34. The highest BCUT2D eigenvalue weighted by atomic mass is 16.5. The van der Waals surface area contributed by atoms with E-state index >= 15 is 0 Å². The summed E-state index contributed by atoms with van der Waals surface area (Å²) >= 11 is 0. The van der Waals surface area contributed by atoms with Gasteiger partial charge in [-0.25, -0.2) is 0 Å². The molecule has 0 radical (unpaired) electrons. The maximum absolute atomic E-state index is 6.15. The van der Waals surface area contributed by atoms with E-state index in [9.17, 15) is 0 Å². The molecule has 0 bridgehead atoms. The van der Waals surface area contributed by atoms with Crippen molar-refractivity contribution in [1.82, 2.24) is 0 Å². The second-order valence-electron chi connectivity index (χ2n) is 5.36. The molecule has 0 aliphatic rings. The molecule has 0 fully saturated rings. The summed E-state index contributed by atoms with van der Waals surface area (Å²) in [6.07, 6.45) is 3.35. The van der Waals surface area contributed by atoms with Gasteiger partial charge in [0.15, 0.2) is 0 Å². The first-order chi connectivity index (χ1) is 9.08. The summed E-state index contributed by atoms with van der Waals surface area (Å²) in [5.74, 6) is 1.51. The Labute approximate surface area is 117 Å². The van der Waals surface area contributed by atoms with E-state index in [0.717, 1.165) is 30.2 Å². The molecule has 0 aromatic heterocycles. The van der Waals surface area contributed by atoms with Gasteiger partial charge in [0.05, 0.1) is 18.0 Å². The van der Waals surface area contributed by atoms with E-state index in [-0.39, 0.29) is 0 Å². The van der Waals surface area contributed by atoms with Crippen LogP contribution in [0.25, 0.3) is 0 Å². The van der Waals surface area contributed by atoms with Gasteiger partial charge in [-0.15, -0.1) is 0 Å². The number of para-hydroxylation sites is 1. The summed E-state index contributed by atoms with van der Waals surface area (Å²) in [7, 11) is 0. The molecule has 2 unspecified atom stereocenters. The van der Waals surface area contributed by atoms with Crippen LogP contribution >= 0.6 is 0 Å². The molecule has 3 N–H and O–H groups in total. The Morgan fingerprint density at radius 1 is 1.26 bits per heavy atom. The van der Waals surface area contributed by atoms with E-state index in [4.69, 9.17) is 10.5 Å². The van der Waals surface area contributed by atoms with Gasteiger partial charge in [-0.3, -0.25) is 0 Å². The Bertz CT molecular complexity index is 379. The topological polar surface area (TPSA) is 47.3 Å². The van der Waals surface area contributed by atoms with Crippen molar-refractivity contribution in [1.29, 1.82) is 0 Å². The van der Waals surface area contributed by atoms with Gasteiger partial charge < -0.3 is 15.8 Å². The molecule has 0 saturated heterocycles. The second-order valence-corrected chi connectivity index (χ2v) is 5.36. The molecule has 3 nitrogen and oxygen atoms in total. The molecule has 108 valence electrons. The number of benzene rings is 1. The minimum absolute atomic E-state index is 0.415. The smallest absolute Gasteiger partial charge is 0.144 e. The molecule has 0 heterocycles. The maximum Gasteiger partial charge on any atom is 0.144 e. The average Bonchev–Trinajstić information content (AvgIpc) is 2.39. The number of hydrogen-bond acceptors (Lipinski definition) is 3. The Kier molecular flexibility index (Phi) is 6.54. The van der Waals surface area contributed by atoms with Crippen LogP contribution in [0.3, 0.4) is 0 Å². The highest BCUT2D eigenvalue weighted by molar-refractivity contribution is 5.73. The zero-order chi connectivity index (χ0) is 14.3. The molecule has 0 aliphatic heterocycles. The van der Waals surface area contributed by atoms with Crippen molar-refractivity contribution in [3.8, 4) is 5.75 Å². The van der Waals surface area contributed by atoms with Crippen molar-refractivity contribution >= 4 is 11.4 Å². The summed E-state index contributed by atoms with van der Waals surface area (Å²) in [5, 5.41) is 3.49. The first-order valence-electron chi connectivity index (χ1n) is 7.36. The van der Waals surface area contributed by atoms with Crippen LogP contribution in [0.2, 0.25) is 0 Å². The van der Waals surface area contributed by atoms with Gasteiger partial charge in [-0.2, -0.15) is 0 Å². The van der Waals surface area contributed by atoms with Gasteiger partial charge in [-0.1, -0.05) is 33.3 Å². The molecule has 1 rings (SSSR count). The molecular weight excluding hydrogens is 236 g/mol. The number of hydrogen-bond donors (Lipinski definition) is 2. The summed E-state index contributed by atoms with van der Waals surface area (Å²) in [6.45, 7) is 9.50. The first-order valence-corrected chi connectivity index (χ1v) is 7.36. The number of rotatable bonds is 8. The number of anilines is 2. The van der Waals surface area contributed by atoms with Gasteiger partial charge in [-0.05, 0) is 37.8 Å². The molecule has 0 spiro atoms. The highest BCUT2D eigenvalue weighted by Gasteiger charge is 2.10. The fourth-order valence-electron chi connectivity index (χ4n) is 2.10. The van der Waals surface area contributed by atoms with Crippen molar-refractivity contribution in [2.75, 3.05) is 17.7 Å². The minimum atomic E-state index is 0.415. The molecule has 1 aromatic carbocycles. The molecular formula is C16H28N2O. The Morgan fingerprint density at radius 2 is 2.00 bits per heavy atom. The van der Waals surface area contributed by atoms with E-state index in [1.807, 2.05) is 18.2 Å². The van der Waals surface area contributed by atoms with Crippen molar-refractivity contribution in [3.63, 3.8) is 0 Å². The number of ether oxygens (including phenoxy) is 1. The number of nitrogens with one attached hydrogen (secondary N) is 1. The van der Waals surface area contributed by atoms with Crippen LogP contribution in [0, 0.1) is 5.92 Å². The molecule has 0 saturated carbocycles. The SMILES string of the molecule is CCCOc1cccc(NC(C)CC(C)CC)c1N. The lowest BCUT2D eigenvalue weighted by Crippen LogP contribution is -2.19. The standard InChI is InChI=1S/C16H28N2O/c1-5-10-19-15-9-7-8-14(16(15)17)18-13(4)11-12(3)6-2/h7-9,12-13,18H,5-6,10-11,17H2,1-4H3. The summed E-state index contributed by atoms with van der Waals surface area (Å²) in [4.78, 5) is 0. The van der Waals surface area contributed by atoms with Crippen molar-refractivity contribution in [2.45, 2.75) is 53.0 Å². The molecule has 19 heavy (non-hydrogen) atoms. The lowest BCUT2D eigenvalue weighted by atomic mass is 10.00. The lowest BCUT2D eigenvalue weighted by Gasteiger charge is -2.20. The largest absolute Gasteiger partial charge is 0.491 e. The van der Waals surface area contributed by atoms with Crippen molar-refractivity contribution < 1.29 is 4.74 Å². The predicted molar refractivity (Wildman–Crippen MR) is 83.8 cm³/mol. The Hall–Kier alpha value is -1.38. The predicted octanol–water partition coefficient (Wildman–Crippen LogP) is 4.29. The molecule has 0 aliphatic carbocycles. The van der Waals surface area contributed by atoms with Crippen LogP contribution in [0.4, 0.5) is 11.4 Å². The van der Waals surface area contributed by atoms with Crippen LogP contribution in [0.1, 0.15) is 47.0 Å². The van der Waals surface area contributed by atoms with E-state index in [2.05, 4.69) is 33.0 Å². The highest BCUT2D eigenvalue weighted by Crippen LogP contribution is 2.30. The summed E-state index contributed by atoms with van der Waals surface area (Å²) in [5.41, 5.74) is 7.84.